The van der Waals surface area contributed by atoms with Gasteiger partial charge >= 0.3 is 0 Å². The van der Waals surface area contributed by atoms with Crippen LogP contribution in [0.2, 0.25) is 0 Å². The summed E-state index contributed by atoms with van der Waals surface area (Å²) >= 11 is 1.13. The second-order valence-electron chi connectivity index (χ2n) is 4.74. The highest BCUT2D eigenvalue weighted by molar-refractivity contribution is 7.15. The van der Waals surface area contributed by atoms with E-state index in [-0.39, 0.29) is 11.3 Å². The number of para-hydroxylation sites is 1. The lowest BCUT2D eigenvalue weighted by atomic mass is 10.2. The highest BCUT2D eigenvalue weighted by atomic mass is 32.1. The molecular formula is C16H13N3O3S. The van der Waals surface area contributed by atoms with Crippen LogP contribution in [0.3, 0.4) is 0 Å². The number of aryl methyl sites for hydroxylation is 1. The topological polar surface area (TPSA) is 73.6 Å². The first-order valence-electron chi connectivity index (χ1n) is 6.82. The van der Waals surface area contributed by atoms with Gasteiger partial charge in [-0.05, 0) is 19.1 Å². The summed E-state index contributed by atoms with van der Waals surface area (Å²) in [7, 11) is 1.61. The Morgan fingerprint density at radius 3 is 2.83 bits per heavy atom. The predicted molar refractivity (Wildman–Crippen MR) is 89.9 cm³/mol. The van der Waals surface area contributed by atoms with Gasteiger partial charge in [-0.2, -0.15) is 14.6 Å². The molecule has 0 aliphatic rings. The van der Waals surface area contributed by atoms with Crippen LogP contribution in [0.1, 0.15) is 11.3 Å². The lowest BCUT2D eigenvalue weighted by Gasteiger charge is -2.02. The van der Waals surface area contributed by atoms with Gasteiger partial charge in [0.25, 0.3) is 11.1 Å². The van der Waals surface area contributed by atoms with Crippen LogP contribution in [0.25, 0.3) is 17.1 Å². The summed E-state index contributed by atoms with van der Waals surface area (Å²) in [6, 6.07) is 7.57. The van der Waals surface area contributed by atoms with Crippen molar-refractivity contribution in [1.29, 1.82) is 0 Å². The summed E-state index contributed by atoms with van der Waals surface area (Å²) in [6.07, 6.45) is 5.28. The molecule has 3 rings (SSSR count). The monoisotopic (exact) mass is 327 g/mol. The van der Waals surface area contributed by atoms with Gasteiger partial charge < -0.3 is 4.74 Å². The van der Waals surface area contributed by atoms with Crippen LogP contribution in [-0.4, -0.2) is 21.7 Å². The predicted octanol–water partition coefficient (Wildman–Crippen LogP) is 1.04. The molecule has 7 heteroatoms. The van der Waals surface area contributed by atoms with Crippen molar-refractivity contribution in [2.45, 2.75) is 6.92 Å². The van der Waals surface area contributed by atoms with Crippen LogP contribution in [0.5, 0.6) is 5.75 Å². The molecule has 23 heavy (non-hydrogen) atoms. The molecule has 0 aliphatic heterocycles. The molecule has 3 aromatic rings. The Morgan fingerprint density at radius 2 is 2.04 bits per heavy atom. The number of thiazole rings is 1. The van der Waals surface area contributed by atoms with Gasteiger partial charge in [0, 0.05) is 5.56 Å². The molecule has 0 aliphatic carbocycles. The molecule has 0 N–H and O–H groups in total. The summed E-state index contributed by atoms with van der Waals surface area (Å²) < 4.78 is 6.88. The van der Waals surface area contributed by atoms with Crippen molar-refractivity contribution >= 4 is 28.4 Å². The van der Waals surface area contributed by atoms with Gasteiger partial charge in [-0.25, -0.2) is 0 Å². The average Bonchev–Trinajstić information content (AvgIpc) is 2.84. The number of hydrogen-bond acceptors (Lipinski definition) is 6. The molecule has 0 fully saturated rings. The maximum atomic E-state index is 12.2. The lowest BCUT2D eigenvalue weighted by Crippen LogP contribution is -2.26. The zero-order valence-corrected chi connectivity index (χ0v) is 13.3. The number of rotatable bonds is 3. The Hall–Kier alpha value is -2.80. The number of aromatic nitrogens is 3. The molecule has 1 aromatic carbocycles. The number of nitrogens with zero attached hydrogens (tertiary/aromatic N) is 3. The second kappa shape index (κ2) is 6.13. The summed E-state index contributed by atoms with van der Waals surface area (Å²) in [5.41, 5.74) is 0.405. The number of fused-ring (bicyclic) bond motifs is 1. The third-order valence-electron chi connectivity index (χ3n) is 3.20. The number of methoxy groups -OCH3 is 1. The van der Waals surface area contributed by atoms with E-state index in [9.17, 15) is 9.59 Å². The number of ether oxygens (including phenoxy) is 1. The summed E-state index contributed by atoms with van der Waals surface area (Å²) in [4.78, 5) is 27.9. The van der Waals surface area contributed by atoms with Crippen molar-refractivity contribution in [2.75, 3.05) is 7.11 Å². The first-order valence-corrected chi connectivity index (χ1v) is 7.63. The third kappa shape index (κ3) is 2.91. The van der Waals surface area contributed by atoms with Crippen molar-refractivity contribution < 1.29 is 4.74 Å². The molecule has 0 atom stereocenters. The molecule has 0 amide bonds. The lowest BCUT2D eigenvalue weighted by molar-refractivity contribution is 0.414. The van der Waals surface area contributed by atoms with Gasteiger partial charge in [0.05, 0.1) is 11.6 Å². The molecule has 6 nitrogen and oxygen atoms in total. The summed E-state index contributed by atoms with van der Waals surface area (Å²) in [5, 5.41) is 3.96. The molecule has 116 valence electrons. The molecule has 0 unspecified atom stereocenters. The third-order valence-corrected chi connectivity index (χ3v) is 4.18. The second-order valence-corrected chi connectivity index (χ2v) is 5.75. The van der Waals surface area contributed by atoms with E-state index >= 15 is 0 Å². The van der Waals surface area contributed by atoms with E-state index in [1.165, 1.54) is 6.92 Å². The summed E-state index contributed by atoms with van der Waals surface area (Å²) in [6.45, 7) is 1.53. The van der Waals surface area contributed by atoms with E-state index in [4.69, 9.17) is 4.74 Å². The van der Waals surface area contributed by atoms with Crippen molar-refractivity contribution in [3.63, 3.8) is 0 Å². The van der Waals surface area contributed by atoms with Crippen LogP contribution in [0, 0.1) is 6.92 Å². The van der Waals surface area contributed by atoms with Crippen LogP contribution >= 0.6 is 11.3 Å². The summed E-state index contributed by atoms with van der Waals surface area (Å²) in [5.74, 6) is 0.750. The fourth-order valence-electron chi connectivity index (χ4n) is 2.04. The van der Waals surface area contributed by atoms with Crippen LogP contribution in [-0.2, 0) is 0 Å². The quantitative estimate of drug-likeness (QED) is 0.719. The van der Waals surface area contributed by atoms with Crippen LogP contribution in [0.4, 0.5) is 0 Å². The Labute approximate surface area is 135 Å². The fraction of sp³-hybridized carbons (Fsp3) is 0.125. The molecule has 0 spiro atoms. The van der Waals surface area contributed by atoms with Gasteiger partial charge in [0.2, 0.25) is 4.96 Å². The van der Waals surface area contributed by atoms with Gasteiger partial charge in [-0.3, -0.25) is 9.59 Å². The van der Waals surface area contributed by atoms with Gasteiger partial charge in [0.15, 0.2) is 0 Å². The SMILES string of the molecule is COc1ccccc1/C=C/C=c1\sc2nc(=O)c(C)nn2c1=O. The number of allylic oxidation sites excluding steroid dienone is 1. The van der Waals surface area contributed by atoms with Gasteiger partial charge in [-0.15, -0.1) is 0 Å². The maximum Gasteiger partial charge on any atom is 0.295 e. The van der Waals surface area contributed by atoms with E-state index in [1.807, 2.05) is 30.3 Å². The van der Waals surface area contributed by atoms with Crippen molar-refractivity contribution in [1.82, 2.24) is 14.6 Å². The standard InChI is InChI=1S/C16H13N3O3S/c1-10-14(20)17-16-19(18-10)15(21)13(23-16)9-5-7-11-6-3-4-8-12(11)22-2/h3-9H,1-2H3/b7-5+,13-9-. The minimum atomic E-state index is -0.414. The minimum Gasteiger partial charge on any atom is -0.496 e. The van der Waals surface area contributed by atoms with Crippen LogP contribution < -0.4 is 20.4 Å². The maximum absolute atomic E-state index is 12.2. The smallest absolute Gasteiger partial charge is 0.295 e. The van der Waals surface area contributed by atoms with E-state index in [0.29, 0.717) is 9.49 Å². The molecular weight excluding hydrogens is 314 g/mol. The van der Waals surface area contributed by atoms with E-state index in [0.717, 1.165) is 27.2 Å². The van der Waals surface area contributed by atoms with Crippen molar-refractivity contribution in [3.8, 4) is 5.75 Å². The highest BCUT2D eigenvalue weighted by Gasteiger charge is 2.07. The number of benzene rings is 1. The number of hydrogen-bond donors (Lipinski definition) is 0. The fourth-order valence-corrected chi connectivity index (χ4v) is 2.90. The van der Waals surface area contributed by atoms with Gasteiger partial charge in [-0.1, -0.05) is 41.7 Å². The zero-order valence-electron chi connectivity index (χ0n) is 12.5. The average molecular weight is 327 g/mol. The minimum absolute atomic E-state index is 0.202. The molecule has 2 aromatic heterocycles. The van der Waals surface area contributed by atoms with Crippen molar-refractivity contribution in [3.05, 3.63) is 66.8 Å². The molecule has 0 radical (unpaired) electrons. The normalized spacial score (nSPS) is 12.3. The Bertz CT molecular complexity index is 1070. The zero-order chi connectivity index (χ0) is 16.4. The first-order chi connectivity index (χ1) is 11.1. The molecule has 0 saturated carbocycles. The largest absolute Gasteiger partial charge is 0.496 e. The van der Waals surface area contributed by atoms with Crippen molar-refractivity contribution in [2.24, 2.45) is 0 Å². The van der Waals surface area contributed by atoms with Gasteiger partial charge in [0.1, 0.15) is 11.4 Å². The van der Waals surface area contributed by atoms with E-state index < -0.39 is 5.56 Å². The Balaban J connectivity index is 2.05. The van der Waals surface area contributed by atoms with E-state index in [2.05, 4.69) is 10.1 Å². The molecule has 2 heterocycles. The highest BCUT2D eigenvalue weighted by Crippen LogP contribution is 2.18. The van der Waals surface area contributed by atoms with E-state index in [1.54, 1.807) is 19.3 Å². The van der Waals surface area contributed by atoms with Crippen LogP contribution in [0.15, 0.2) is 39.9 Å². The Kier molecular flexibility index (Phi) is 4.03. The first kappa shape index (κ1) is 15.1. The Morgan fingerprint density at radius 1 is 1.26 bits per heavy atom. The molecule has 0 saturated heterocycles. The molecule has 0 bridgehead atoms.